The molecule has 4 nitrogen and oxygen atoms in total. The predicted molar refractivity (Wildman–Crippen MR) is 52.8 cm³/mol. The van der Waals surface area contributed by atoms with Crippen molar-refractivity contribution in [1.82, 2.24) is 15.0 Å². The van der Waals surface area contributed by atoms with E-state index in [-0.39, 0.29) is 10.7 Å². The number of rotatable bonds is 1. The Labute approximate surface area is 92.3 Å². The third-order valence-electron chi connectivity index (χ3n) is 2.08. The summed E-state index contributed by atoms with van der Waals surface area (Å²) >= 11 is 0.801. The summed E-state index contributed by atoms with van der Waals surface area (Å²) in [4.78, 5) is 11.8. The van der Waals surface area contributed by atoms with Crippen molar-refractivity contribution < 1.29 is 13.2 Å². The highest BCUT2D eigenvalue weighted by Gasteiger charge is 2.51. The molecule has 0 radical (unpaired) electrons. The van der Waals surface area contributed by atoms with E-state index in [1.54, 1.807) is 0 Å². The van der Waals surface area contributed by atoms with Crippen LogP contribution in [-0.4, -0.2) is 21.1 Å². The van der Waals surface area contributed by atoms with Crippen molar-refractivity contribution in [3.63, 3.8) is 0 Å². The lowest BCUT2D eigenvalue weighted by atomic mass is 10.1. The monoisotopic (exact) mass is 248 g/mol. The zero-order chi connectivity index (χ0) is 12.0. The van der Waals surface area contributed by atoms with E-state index in [1.807, 2.05) is 0 Å². The molecule has 2 aromatic heterocycles. The Kier molecular flexibility index (Phi) is 2.35. The summed E-state index contributed by atoms with van der Waals surface area (Å²) < 4.78 is 37.9. The van der Waals surface area contributed by atoms with Crippen LogP contribution in [0.4, 0.5) is 13.2 Å². The van der Waals surface area contributed by atoms with Gasteiger partial charge in [0.25, 0.3) is 0 Å². The number of fused-ring (bicyclic) bond motifs is 1. The minimum absolute atomic E-state index is 0.184. The van der Waals surface area contributed by atoms with Gasteiger partial charge >= 0.3 is 6.18 Å². The van der Waals surface area contributed by atoms with Crippen LogP contribution in [0.1, 0.15) is 11.9 Å². The first kappa shape index (κ1) is 11.2. The largest absolute Gasteiger partial charge is 0.412 e. The summed E-state index contributed by atoms with van der Waals surface area (Å²) in [6.45, 7) is 0.880. The Morgan fingerprint density at radius 1 is 1.25 bits per heavy atom. The fourth-order valence-electron chi connectivity index (χ4n) is 1.02. The van der Waals surface area contributed by atoms with Gasteiger partial charge in [0.15, 0.2) is 16.0 Å². The van der Waals surface area contributed by atoms with Crippen LogP contribution in [0, 0.1) is 0 Å². The standard InChI is InChI=1S/C8H7F3N4S/c1-7(12,8(9,10)11)6-15-4-5(16-6)14-3-2-13-4/h2-3H,12H2,1H3. The normalized spacial score (nSPS) is 16.3. The van der Waals surface area contributed by atoms with Crippen molar-refractivity contribution >= 4 is 21.8 Å². The lowest BCUT2D eigenvalue weighted by Gasteiger charge is -2.24. The van der Waals surface area contributed by atoms with Gasteiger partial charge in [0.05, 0.1) is 0 Å². The van der Waals surface area contributed by atoms with Crippen molar-refractivity contribution in [2.45, 2.75) is 18.6 Å². The Balaban J connectivity index is 2.56. The number of alkyl halides is 3. The summed E-state index contributed by atoms with van der Waals surface area (Å²) in [5.74, 6) is 0. The molecule has 2 rings (SSSR count). The number of hydrogen-bond donors (Lipinski definition) is 1. The molecule has 0 aromatic carbocycles. The van der Waals surface area contributed by atoms with Crippen molar-refractivity contribution in [2.75, 3.05) is 0 Å². The van der Waals surface area contributed by atoms with Gasteiger partial charge in [-0.15, -0.1) is 0 Å². The molecule has 86 valence electrons. The molecule has 0 aliphatic carbocycles. The minimum atomic E-state index is -4.55. The molecule has 2 heterocycles. The zero-order valence-corrected chi connectivity index (χ0v) is 8.93. The van der Waals surface area contributed by atoms with Crippen molar-refractivity contribution in [1.29, 1.82) is 0 Å². The van der Waals surface area contributed by atoms with Gasteiger partial charge in [-0.3, -0.25) is 0 Å². The van der Waals surface area contributed by atoms with Crippen LogP contribution in [0.25, 0.3) is 10.5 Å². The number of halogens is 3. The number of thiazole rings is 1. The van der Waals surface area contributed by atoms with Gasteiger partial charge in [-0.2, -0.15) is 13.2 Å². The summed E-state index contributed by atoms with van der Waals surface area (Å²) in [7, 11) is 0. The molecule has 1 unspecified atom stereocenters. The van der Waals surface area contributed by atoms with Crippen molar-refractivity contribution in [2.24, 2.45) is 5.73 Å². The summed E-state index contributed by atoms with van der Waals surface area (Å²) in [5, 5.41) is -0.235. The molecule has 0 aliphatic rings. The first-order valence-electron chi connectivity index (χ1n) is 4.26. The van der Waals surface area contributed by atoms with Gasteiger partial charge in [0.2, 0.25) is 0 Å². The summed E-state index contributed by atoms with van der Waals surface area (Å²) in [6, 6.07) is 0. The highest BCUT2D eigenvalue weighted by Crippen LogP contribution is 2.38. The van der Waals surface area contributed by atoms with E-state index >= 15 is 0 Å². The molecule has 1 atom stereocenters. The fraction of sp³-hybridized carbons (Fsp3) is 0.375. The van der Waals surface area contributed by atoms with Gasteiger partial charge in [-0.25, -0.2) is 15.0 Å². The molecule has 2 N–H and O–H groups in total. The number of hydrogen-bond acceptors (Lipinski definition) is 5. The molecule has 0 aliphatic heterocycles. The SMILES string of the molecule is CC(N)(c1nc2nccnc2s1)C(F)(F)F. The molecule has 0 saturated carbocycles. The summed E-state index contributed by atoms with van der Waals surface area (Å²) in [5.41, 5.74) is 2.96. The van der Waals surface area contributed by atoms with Crippen LogP contribution in [0.2, 0.25) is 0 Å². The molecule has 2 aromatic rings. The average Bonchev–Trinajstić information content (AvgIpc) is 2.59. The maximum atomic E-state index is 12.6. The number of nitrogens with two attached hydrogens (primary N) is 1. The van der Waals surface area contributed by atoms with E-state index in [2.05, 4.69) is 15.0 Å². The molecular weight excluding hydrogens is 241 g/mol. The molecule has 8 heteroatoms. The van der Waals surface area contributed by atoms with Gasteiger partial charge in [-0.1, -0.05) is 11.3 Å². The maximum absolute atomic E-state index is 12.6. The Morgan fingerprint density at radius 2 is 1.88 bits per heavy atom. The molecule has 0 fully saturated rings. The van der Waals surface area contributed by atoms with Crippen LogP contribution >= 0.6 is 11.3 Å². The molecule has 0 amide bonds. The molecule has 0 saturated heterocycles. The van der Waals surface area contributed by atoms with Crippen LogP contribution in [-0.2, 0) is 5.54 Å². The third-order valence-corrected chi connectivity index (χ3v) is 3.27. The van der Waals surface area contributed by atoms with E-state index in [4.69, 9.17) is 5.73 Å². The van der Waals surface area contributed by atoms with E-state index in [0.717, 1.165) is 18.3 Å². The number of aromatic nitrogens is 3. The highest BCUT2D eigenvalue weighted by atomic mass is 32.1. The minimum Gasteiger partial charge on any atom is -0.312 e. The molecule has 0 bridgehead atoms. The molecule has 16 heavy (non-hydrogen) atoms. The first-order chi connectivity index (χ1) is 7.32. The predicted octanol–water partition coefficient (Wildman–Crippen LogP) is 1.82. The van der Waals surface area contributed by atoms with Gasteiger partial charge in [0.1, 0.15) is 5.01 Å². The van der Waals surface area contributed by atoms with Gasteiger partial charge in [-0.05, 0) is 6.92 Å². The van der Waals surface area contributed by atoms with Crippen LogP contribution in [0.5, 0.6) is 0 Å². The third kappa shape index (κ3) is 1.63. The Morgan fingerprint density at radius 3 is 2.44 bits per heavy atom. The van der Waals surface area contributed by atoms with E-state index in [9.17, 15) is 13.2 Å². The smallest absolute Gasteiger partial charge is 0.312 e. The van der Waals surface area contributed by atoms with Crippen molar-refractivity contribution in [3.8, 4) is 0 Å². The Bertz CT molecular complexity index is 486. The van der Waals surface area contributed by atoms with E-state index < -0.39 is 11.7 Å². The van der Waals surface area contributed by atoms with Crippen molar-refractivity contribution in [3.05, 3.63) is 17.4 Å². The van der Waals surface area contributed by atoms with Gasteiger partial charge < -0.3 is 5.73 Å². The average molecular weight is 248 g/mol. The van der Waals surface area contributed by atoms with Crippen LogP contribution in [0.3, 0.4) is 0 Å². The number of nitrogens with zero attached hydrogens (tertiary/aromatic N) is 3. The quantitative estimate of drug-likeness (QED) is 0.836. The Hall–Kier alpha value is -1.28. The molecule has 0 spiro atoms. The highest BCUT2D eigenvalue weighted by molar-refractivity contribution is 7.18. The zero-order valence-electron chi connectivity index (χ0n) is 8.12. The summed E-state index contributed by atoms with van der Waals surface area (Å²) in [6.07, 6.45) is -1.79. The topological polar surface area (TPSA) is 64.7 Å². The van der Waals surface area contributed by atoms with Crippen LogP contribution in [0.15, 0.2) is 12.4 Å². The molecular formula is C8H7F3N4S. The lowest BCUT2D eigenvalue weighted by Crippen LogP contribution is -2.47. The van der Waals surface area contributed by atoms with Crippen LogP contribution < -0.4 is 5.73 Å². The second kappa shape index (κ2) is 3.36. The second-order valence-electron chi connectivity index (χ2n) is 3.40. The van der Waals surface area contributed by atoms with Gasteiger partial charge in [0, 0.05) is 12.4 Å². The first-order valence-corrected chi connectivity index (χ1v) is 5.07. The lowest BCUT2D eigenvalue weighted by molar-refractivity contribution is -0.184. The van der Waals surface area contributed by atoms with E-state index in [0.29, 0.717) is 4.83 Å². The maximum Gasteiger partial charge on any atom is 0.412 e. The fourth-order valence-corrected chi connectivity index (χ4v) is 1.97. The van der Waals surface area contributed by atoms with E-state index in [1.165, 1.54) is 12.4 Å². The second-order valence-corrected chi connectivity index (χ2v) is 4.38.